The number of fused-ring (bicyclic) bond motifs is 1. The summed E-state index contributed by atoms with van der Waals surface area (Å²) >= 11 is 0. The zero-order valence-electron chi connectivity index (χ0n) is 21.6. The van der Waals surface area contributed by atoms with Gasteiger partial charge in [-0.25, -0.2) is 15.0 Å². The fourth-order valence-corrected chi connectivity index (χ4v) is 4.63. The number of aromatic nitrogens is 3. The maximum absolute atomic E-state index is 13.6. The van der Waals surface area contributed by atoms with Gasteiger partial charge in [-0.2, -0.15) is 0 Å². The minimum absolute atomic E-state index is 0.0655. The lowest BCUT2D eigenvalue weighted by Crippen LogP contribution is -2.42. The van der Waals surface area contributed by atoms with Gasteiger partial charge in [0.15, 0.2) is 0 Å². The number of hydrogen-bond acceptors (Lipinski definition) is 6. The van der Waals surface area contributed by atoms with E-state index >= 15 is 0 Å². The number of pyridine rings is 3. The molecule has 0 saturated carbocycles. The van der Waals surface area contributed by atoms with Crippen LogP contribution < -0.4 is 15.4 Å². The van der Waals surface area contributed by atoms with Crippen molar-refractivity contribution in [1.29, 1.82) is 0 Å². The average Bonchev–Trinajstić information content (AvgIpc) is 3.41. The third-order valence-corrected chi connectivity index (χ3v) is 7.38. The van der Waals surface area contributed by atoms with Crippen LogP contribution in [-0.2, 0) is 16.6 Å². The molecule has 1 atom stereocenters. The third-order valence-electron chi connectivity index (χ3n) is 7.38. The van der Waals surface area contributed by atoms with Gasteiger partial charge in [0.05, 0.1) is 12.5 Å². The van der Waals surface area contributed by atoms with E-state index in [-0.39, 0.29) is 11.8 Å². The van der Waals surface area contributed by atoms with Crippen molar-refractivity contribution in [2.45, 2.75) is 32.6 Å². The first-order chi connectivity index (χ1) is 17.9. The van der Waals surface area contributed by atoms with E-state index in [9.17, 15) is 4.79 Å². The Bertz CT molecular complexity index is 1400. The molecular weight excluding hydrogens is 462 g/mol. The summed E-state index contributed by atoms with van der Waals surface area (Å²) in [5, 5.41) is 6.33. The molecule has 1 amide bonds. The second-order valence-electron chi connectivity index (χ2n) is 9.82. The summed E-state index contributed by atoms with van der Waals surface area (Å²) in [6.45, 7) is 7.06. The van der Waals surface area contributed by atoms with Crippen molar-refractivity contribution in [3.05, 3.63) is 84.3 Å². The first-order valence-corrected chi connectivity index (χ1v) is 12.5. The molecule has 188 valence electrons. The van der Waals surface area contributed by atoms with Gasteiger partial charge in [-0.1, -0.05) is 38.1 Å². The minimum Gasteiger partial charge on any atom is -0.481 e. The average molecular weight is 494 g/mol. The number of carbonyl (C=O) groups is 1. The van der Waals surface area contributed by atoms with E-state index in [2.05, 4.69) is 57.6 Å². The highest BCUT2D eigenvalue weighted by Gasteiger charge is 2.38. The first kappa shape index (κ1) is 24.4. The Kier molecular flexibility index (Phi) is 6.61. The van der Waals surface area contributed by atoms with Gasteiger partial charge in [0.1, 0.15) is 11.6 Å². The minimum atomic E-state index is -0.737. The summed E-state index contributed by atoms with van der Waals surface area (Å²) < 4.78 is 5.12. The van der Waals surface area contributed by atoms with Crippen molar-refractivity contribution in [2.75, 3.05) is 24.3 Å². The fraction of sp³-hybridized carbons (Fsp3) is 0.267. The quantitative estimate of drug-likeness (QED) is 0.342. The second kappa shape index (κ2) is 10.0. The van der Waals surface area contributed by atoms with Crippen LogP contribution >= 0.6 is 0 Å². The van der Waals surface area contributed by atoms with Crippen LogP contribution in [0.25, 0.3) is 22.3 Å². The molecule has 1 aromatic carbocycles. The Morgan fingerprint density at radius 2 is 1.59 bits per heavy atom. The van der Waals surface area contributed by atoms with Crippen LogP contribution in [0.1, 0.15) is 31.9 Å². The van der Waals surface area contributed by atoms with Crippen LogP contribution in [-0.4, -0.2) is 34.5 Å². The molecule has 1 unspecified atom stereocenters. The zero-order chi connectivity index (χ0) is 26.0. The summed E-state index contributed by atoms with van der Waals surface area (Å²) in [7, 11) is 1.59. The predicted octanol–water partition coefficient (Wildman–Crippen LogP) is 5.73. The third kappa shape index (κ3) is 4.77. The molecule has 2 N–H and O–H groups in total. The Labute approximate surface area is 217 Å². The normalized spacial score (nSPS) is 14.0. The molecular formula is C30H31N5O2. The number of amides is 1. The summed E-state index contributed by atoms with van der Waals surface area (Å²) in [4.78, 5) is 26.9. The Morgan fingerprint density at radius 3 is 2.22 bits per heavy atom. The van der Waals surface area contributed by atoms with E-state index in [1.807, 2.05) is 49.5 Å². The first-order valence-electron chi connectivity index (χ1n) is 12.5. The Hall–Kier alpha value is -4.26. The highest BCUT2D eigenvalue weighted by atomic mass is 16.5. The lowest BCUT2D eigenvalue weighted by molar-refractivity contribution is -0.122. The summed E-state index contributed by atoms with van der Waals surface area (Å²) in [5.74, 6) is 2.02. The van der Waals surface area contributed by atoms with Crippen molar-refractivity contribution in [2.24, 2.45) is 5.92 Å². The lowest BCUT2D eigenvalue weighted by atomic mass is 9.72. The number of carbonyl (C=O) groups excluding carboxylic acids is 1. The molecule has 4 aromatic rings. The SMILES string of the molecule is COc1ccc(-c2ccc(NC(=O)C(C)(c3ccc(-c4cnc5c(c4)CCN5)cc3)C(C)C)nc2)cn1. The van der Waals surface area contributed by atoms with Crippen LogP contribution in [0.5, 0.6) is 5.88 Å². The summed E-state index contributed by atoms with van der Waals surface area (Å²) in [6, 6.07) is 17.9. The molecule has 7 nitrogen and oxygen atoms in total. The van der Waals surface area contributed by atoms with Crippen molar-refractivity contribution in [3.8, 4) is 28.1 Å². The number of hydrogen-bond donors (Lipinski definition) is 2. The van der Waals surface area contributed by atoms with Gasteiger partial charge in [0.25, 0.3) is 0 Å². The zero-order valence-corrected chi connectivity index (χ0v) is 21.6. The van der Waals surface area contributed by atoms with Crippen LogP contribution in [0.15, 0.2) is 73.2 Å². The molecule has 0 fully saturated rings. The standard InChI is InChI=1S/C30H31N5O2/c1-19(2)30(3,25-9-5-20(6-10-25)24-15-21-13-14-31-28(21)34-18-24)29(36)35-26-11-7-22(16-32-26)23-8-12-27(37-4)33-17-23/h5-12,15-19H,13-14H2,1-4H3,(H,31,34)(H,32,35,36). The van der Waals surface area contributed by atoms with Crippen LogP contribution in [0, 0.1) is 5.92 Å². The largest absolute Gasteiger partial charge is 0.481 e. The summed E-state index contributed by atoms with van der Waals surface area (Å²) in [5.41, 5.74) is 5.47. The molecule has 0 aliphatic carbocycles. The fourth-order valence-electron chi connectivity index (χ4n) is 4.63. The number of ether oxygens (including phenoxy) is 1. The molecule has 7 heteroatoms. The predicted molar refractivity (Wildman–Crippen MR) is 147 cm³/mol. The van der Waals surface area contributed by atoms with E-state index in [1.165, 1.54) is 5.56 Å². The molecule has 0 saturated heterocycles. The van der Waals surface area contributed by atoms with E-state index in [0.717, 1.165) is 46.6 Å². The number of anilines is 2. The van der Waals surface area contributed by atoms with E-state index < -0.39 is 5.41 Å². The molecule has 0 radical (unpaired) electrons. The van der Waals surface area contributed by atoms with Crippen molar-refractivity contribution in [1.82, 2.24) is 15.0 Å². The molecule has 1 aliphatic rings. The van der Waals surface area contributed by atoms with Crippen LogP contribution in [0.3, 0.4) is 0 Å². The molecule has 3 aromatic heterocycles. The smallest absolute Gasteiger partial charge is 0.236 e. The monoisotopic (exact) mass is 493 g/mol. The molecule has 0 spiro atoms. The van der Waals surface area contributed by atoms with E-state index in [0.29, 0.717) is 11.7 Å². The Balaban J connectivity index is 1.34. The Morgan fingerprint density at radius 1 is 0.919 bits per heavy atom. The molecule has 1 aliphatic heterocycles. The number of nitrogens with one attached hydrogen (secondary N) is 2. The van der Waals surface area contributed by atoms with Crippen molar-refractivity contribution >= 4 is 17.5 Å². The number of benzene rings is 1. The maximum Gasteiger partial charge on any atom is 0.236 e. The van der Waals surface area contributed by atoms with Gasteiger partial charge < -0.3 is 15.4 Å². The highest BCUT2D eigenvalue weighted by Crippen LogP contribution is 2.35. The maximum atomic E-state index is 13.6. The van der Waals surface area contributed by atoms with Gasteiger partial charge in [-0.05, 0) is 60.2 Å². The van der Waals surface area contributed by atoms with E-state index in [1.54, 1.807) is 19.5 Å². The van der Waals surface area contributed by atoms with Crippen LogP contribution in [0.2, 0.25) is 0 Å². The van der Waals surface area contributed by atoms with Gasteiger partial charge in [0, 0.05) is 47.9 Å². The number of methoxy groups -OCH3 is 1. The molecule has 0 bridgehead atoms. The van der Waals surface area contributed by atoms with Crippen molar-refractivity contribution in [3.63, 3.8) is 0 Å². The van der Waals surface area contributed by atoms with Crippen molar-refractivity contribution < 1.29 is 9.53 Å². The molecule has 4 heterocycles. The van der Waals surface area contributed by atoms with Gasteiger partial charge in [-0.3, -0.25) is 4.79 Å². The van der Waals surface area contributed by atoms with E-state index in [4.69, 9.17) is 4.74 Å². The molecule has 37 heavy (non-hydrogen) atoms. The van der Waals surface area contributed by atoms with Crippen LogP contribution in [0.4, 0.5) is 11.6 Å². The number of nitrogens with zero attached hydrogens (tertiary/aromatic N) is 3. The highest BCUT2D eigenvalue weighted by molar-refractivity contribution is 5.98. The van der Waals surface area contributed by atoms with Gasteiger partial charge in [-0.15, -0.1) is 0 Å². The molecule has 5 rings (SSSR count). The topological polar surface area (TPSA) is 89.0 Å². The number of rotatable bonds is 7. The van der Waals surface area contributed by atoms with Gasteiger partial charge in [0.2, 0.25) is 11.8 Å². The van der Waals surface area contributed by atoms with Gasteiger partial charge >= 0.3 is 0 Å². The lowest BCUT2D eigenvalue weighted by Gasteiger charge is -2.33. The summed E-state index contributed by atoms with van der Waals surface area (Å²) in [6.07, 6.45) is 6.37. The second-order valence-corrected chi connectivity index (χ2v) is 9.82.